The Labute approximate surface area is 109 Å². The molecule has 0 spiro atoms. The smallest absolute Gasteiger partial charge is 0.103 e. The van der Waals surface area contributed by atoms with Crippen molar-refractivity contribution in [3.8, 4) is 0 Å². The fourth-order valence-corrected chi connectivity index (χ4v) is 1.90. The average molecular weight is 238 g/mol. The highest BCUT2D eigenvalue weighted by molar-refractivity contribution is 5.24. The topological polar surface area (TPSA) is 9.23 Å². The molecule has 0 bridgehead atoms. The van der Waals surface area contributed by atoms with Crippen LogP contribution >= 0.6 is 0 Å². The van der Waals surface area contributed by atoms with E-state index in [2.05, 4.69) is 30.8 Å². The minimum absolute atomic E-state index is 0.0357. The summed E-state index contributed by atoms with van der Waals surface area (Å²) in [5, 5.41) is 0. The molecule has 2 aromatic rings. The lowest BCUT2D eigenvalue weighted by molar-refractivity contribution is 0.0644. The zero-order valence-corrected chi connectivity index (χ0v) is 10.7. The molecular weight excluding hydrogens is 220 g/mol. The van der Waals surface area contributed by atoms with Crippen molar-refractivity contribution in [3.63, 3.8) is 0 Å². The van der Waals surface area contributed by atoms with E-state index < -0.39 is 0 Å². The Kier molecular flexibility index (Phi) is 4.32. The summed E-state index contributed by atoms with van der Waals surface area (Å²) in [7, 11) is 0. The first-order chi connectivity index (χ1) is 8.77. The summed E-state index contributed by atoms with van der Waals surface area (Å²) >= 11 is 0. The molecule has 0 heterocycles. The Morgan fingerprint density at radius 1 is 1.00 bits per heavy atom. The van der Waals surface area contributed by atoms with Crippen LogP contribution in [0.3, 0.4) is 0 Å². The molecule has 1 nitrogen and oxygen atoms in total. The largest absolute Gasteiger partial charge is 0.364 e. The second kappa shape index (κ2) is 6.18. The standard InChI is InChI=1S/C17H18O/c1-14(2)17(16-11-7-4-8-12-16)18-13-15-9-5-3-6-10-15/h3-12,17H,1,13H2,2H3. The Bertz CT molecular complexity index is 488. The molecule has 0 aliphatic heterocycles. The van der Waals surface area contributed by atoms with Gasteiger partial charge in [-0.2, -0.15) is 0 Å². The second-order valence-corrected chi connectivity index (χ2v) is 4.43. The molecule has 0 fully saturated rings. The monoisotopic (exact) mass is 238 g/mol. The third-order valence-corrected chi connectivity index (χ3v) is 2.81. The molecule has 2 aromatic carbocycles. The van der Waals surface area contributed by atoms with Gasteiger partial charge in [0.2, 0.25) is 0 Å². The maximum Gasteiger partial charge on any atom is 0.103 e. The van der Waals surface area contributed by atoms with E-state index in [9.17, 15) is 0 Å². The van der Waals surface area contributed by atoms with Crippen molar-refractivity contribution in [2.24, 2.45) is 0 Å². The van der Waals surface area contributed by atoms with Gasteiger partial charge in [0, 0.05) is 0 Å². The van der Waals surface area contributed by atoms with Crippen LogP contribution in [-0.4, -0.2) is 0 Å². The number of hydrogen-bond acceptors (Lipinski definition) is 1. The van der Waals surface area contributed by atoms with Gasteiger partial charge in [-0.05, 0) is 23.6 Å². The average Bonchev–Trinajstić information content (AvgIpc) is 2.41. The van der Waals surface area contributed by atoms with E-state index in [1.807, 2.05) is 43.3 Å². The molecule has 0 amide bonds. The molecule has 1 heteroatoms. The van der Waals surface area contributed by atoms with Gasteiger partial charge in [0.1, 0.15) is 6.10 Å². The lowest BCUT2D eigenvalue weighted by Gasteiger charge is -2.18. The van der Waals surface area contributed by atoms with Crippen LogP contribution in [0.2, 0.25) is 0 Å². The van der Waals surface area contributed by atoms with Gasteiger partial charge in [-0.3, -0.25) is 0 Å². The van der Waals surface area contributed by atoms with Gasteiger partial charge in [0.15, 0.2) is 0 Å². The van der Waals surface area contributed by atoms with Gasteiger partial charge in [-0.1, -0.05) is 67.2 Å². The van der Waals surface area contributed by atoms with Crippen LogP contribution in [0.4, 0.5) is 0 Å². The highest BCUT2D eigenvalue weighted by atomic mass is 16.5. The van der Waals surface area contributed by atoms with Crippen molar-refractivity contribution in [1.29, 1.82) is 0 Å². The first-order valence-corrected chi connectivity index (χ1v) is 6.13. The van der Waals surface area contributed by atoms with Crippen LogP contribution in [-0.2, 0) is 11.3 Å². The molecule has 0 saturated heterocycles. The Morgan fingerprint density at radius 2 is 1.56 bits per heavy atom. The van der Waals surface area contributed by atoms with E-state index >= 15 is 0 Å². The van der Waals surface area contributed by atoms with E-state index in [0.29, 0.717) is 6.61 Å². The van der Waals surface area contributed by atoms with Crippen molar-refractivity contribution in [1.82, 2.24) is 0 Å². The normalized spacial score (nSPS) is 12.1. The SMILES string of the molecule is C=C(C)C(OCc1ccccc1)c1ccccc1. The second-order valence-electron chi connectivity index (χ2n) is 4.43. The molecule has 92 valence electrons. The predicted molar refractivity (Wildman–Crippen MR) is 75.2 cm³/mol. The van der Waals surface area contributed by atoms with E-state index in [1.165, 1.54) is 5.56 Å². The Morgan fingerprint density at radius 3 is 2.11 bits per heavy atom. The third kappa shape index (κ3) is 3.31. The maximum atomic E-state index is 5.98. The number of hydrogen-bond donors (Lipinski definition) is 0. The highest BCUT2D eigenvalue weighted by Crippen LogP contribution is 2.25. The van der Waals surface area contributed by atoms with Crippen molar-refractivity contribution in [3.05, 3.63) is 83.9 Å². The van der Waals surface area contributed by atoms with Crippen LogP contribution in [0.5, 0.6) is 0 Å². The number of benzene rings is 2. The van der Waals surface area contributed by atoms with Gasteiger partial charge in [-0.15, -0.1) is 0 Å². The molecule has 18 heavy (non-hydrogen) atoms. The molecule has 0 aliphatic carbocycles. The van der Waals surface area contributed by atoms with Crippen molar-refractivity contribution in [2.45, 2.75) is 19.6 Å². The molecule has 0 aromatic heterocycles. The van der Waals surface area contributed by atoms with Crippen LogP contribution in [0.15, 0.2) is 72.8 Å². The highest BCUT2D eigenvalue weighted by Gasteiger charge is 2.12. The lowest BCUT2D eigenvalue weighted by Crippen LogP contribution is -2.05. The van der Waals surface area contributed by atoms with E-state index in [1.54, 1.807) is 0 Å². The van der Waals surface area contributed by atoms with E-state index in [0.717, 1.165) is 11.1 Å². The van der Waals surface area contributed by atoms with Crippen LogP contribution < -0.4 is 0 Å². The summed E-state index contributed by atoms with van der Waals surface area (Å²) in [5.74, 6) is 0. The van der Waals surface area contributed by atoms with Crippen molar-refractivity contribution in [2.75, 3.05) is 0 Å². The summed E-state index contributed by atoms with van der Waals surface area (Å²) in [4.78, 5) is 0. The fourth-order valence-electron chi connectivity index (χ4n) is 1.90. The van der Waals surface area contributed by atoms with Gasteiger partial charge in [-0.25, -0.2) is 0 Å². The summed E-state index contributed by atoms with van der Waals surface area (Å²) in [6.07, 6.45) is -0.0357. The molecule has 0 saturated carbocycles. The first kappa shape index (κ1) is 12.6. The maximum absolute atomic E-state index is 5.98. The molecule has 1 unspecified atom stereocenters. The first-order valence-electron chi connectivity index (χ1n) is 6.13. The summed E-state index contributed by atoms with van der Waals surface area (Å²) in [6, 6.07) is 20.4. The summed E-state index contributed by atoms with van der Waals surface area (Å²) in [5.41, 5.74) is 3.36. The molecule has 1 atom stereocenters. The predicted octanol–water partition coefficient (Wildman–Crippen LogP) is 4.52. The molecule has 0 aliphatic rings. The van der Waals surface area contributed by atoms with Crippen molar-refractivity contribution >= 4 is 0 Å². The molecule has 0 N–H and O–H groups in total. The van der Waals surface area contributed by atoms with Crippen LogP contribution in [0.1, 0.15) is 24.2 Å². The fraction of sp³-hybridized carbons (Fsp3) is 0.176. The quantitative estimate of drug-likeness (QED) is 0.696. The van der Waals surface area contributed by atoms with Crippen LogP contribution in [0.25, 0.3) is 0 Å². The summed E-state index contributed by atoms with van der Waals surface area (Å²) < 4.78 is 5.98. The third-order valence-electron chi connectivity index (χ3n) is 2.81. The summed E-state index contributed by atoms with van der Waals surface area (Å²) in [6.45, 7) is 6.63. The Hall–Kier alpha value is -1.86. The lowest BCUT2D eigenvalue weighted by atomic mass is 10.0. The van der Waals surface area contributed by atoms with Crippen molar-refractivity contribution < 1.29 is 4.74 Å². The zero-order chi connectivity index (χ0) is 12.8. The molecule has 0 radical (unpaired) electrons. The van der Waals surface area contributed by atoms with Crippen LogP contribution in [0, 0.1) is 0 Å². The minimum atomic E-state index is -0.0357. The van der Waals surface area contributed by atoms with E-state index in [4.69, 9.17) is 4.74 Å². The zero-order valence-electron chi connectivity index (χ0n) is 10.7. The van der Waals surface area contributed by atoms with E-state index in [-0.39, 0.29) is 6.10 Å². The van der Waals surface area contributed by atoms with Gasteiger partial charge < -0.3 is 4.74 Å². The molecule has 2 rings (SSSR count). The minimum Gasteiger partial charge on any atom is -0.364 e. The Balaban J connectivity index is 2.06. The van der Waals surface area contributed by atoms with Gasteiger partial charge >= 0.3 is 0 Å². The molecular formula is C17H18O. The van der Waals surface area contributed by atoms with Gasteiger partial charge in [0.25, 0.3) is 0 Å². The number of ether oxygens (including phenoxy) is 1. The van der Waals surface area contributed by atoms with Gasteiger partial charge in [0.05, 0.1) is 6.61 Å². The number of rotatable bonds is 5.